The molecule has 0 aliphatic rings. The van der Waals surface area contributed by atoms with Crippen molar-refractivity contribution >= 4 is 22.0 Å². The molecule has 31 heavy (non-hydrogen) atoms. The lowest BCUT2D eigenvalue weighted by molar-refractivity contribution is 0.523. The van der Waals surface area contributed by atoms with Gasteiger partial charge in [-0.2, -0.15) is 9.78 Å². The van der Waals surface area contributed by atoms with Gasteiger partial charge in [0.1, 0.15) is 5.82 Å². The molecular formula is C23H19FN3O3S-. The molecule has 1 heterocycles. The minimum absolute atomic E-state index is 0.280. The number of hydrogen-bond acceptors (Lipinski definition) is 4. The van der Waals surface area contributed by atoms with Crippen LogP contribution in [0.3, 0.4) is 0 Å². The Balaban J connectivity index is 1.89. The normalized spacial score (nSPS) is 12.2. The standard InChI is InChI=1S/C23H20FN3O3S/c1-15-4-2-7-20-21(15)22(17-6-3-5-16(14-17)12-13-25-31(29)30)26-27(23(20)28)19-10-8-18(24)9-11-19/h2-11,14,25H,12-13H2,1H3,(H,29,30)/p-1. The Bertz CT molecular complexity index is 1340. The average molecular weight is 436 g/mol. The largest absolute Gasteiger partial charge is 0.760 e. The van der Waals surface area contributed by atoms with E-state index in [4.69, 9.17) is 0 Å². The molecular weight excluding hydrogens is 417 g/mol. The van der Waals surface area contributed by atoms with E-state index in [9.17, 15) is 17.9 Å². The van der Waals surface area contributed by atoms with Crippen LogP contribution < -0.4 is 10.3 Å². The molecule has 0 radical (unpaired) electrons. The van der Waals surface area contributed by atoms with Crippen LogP contribution in [0.25, 0.3) is 27.7 Å². The second-order valence-corrected chi connectivity index (χ2v) is 7.88. The Morgan fingerprint density at radius 2 is 1.84 bits per heavy atom. The zero-order chi connectivity index (χ0) is 22.0. The first kappa shape index (κ1) is 21.0. The van der Waals surface area contributed by atoms with Crippen molar-refractivity contribution in [1.82, 2.24) is 14.5 Å². The summed E-state index contributed by atoms with van der Waals surface area (Å²) in [6.07, 6.45) is 0.510. The van der Waals surface area contributed by atoms with Crippen molar-refractivity contribution < 1.29 is 13.2 Å². The lowest BCUT2D eigenvalue weighted by Crippen LogP contribution is -2.22. The molecule has 0 bridgehead atoms. The molecule has 8 heteroatoms. The Kier molecular flexibility index (Phi) is 6.03. The number of halogens is 1. The van der Waals surface area contributed by atoms with E-state index in [2.05, 4.69) is 9.82 Å². The number of nitrogens with zero attached hydrogens (tertiary/aromatic N) is 2. The van der Waals surface area contributed by atoms with Gasteiger partial charge < -0.3 is 4.55 Å². The van der Waals surface area contributed by atoms with Gasteiger partial charge in [-0.25, -0.2) is 9.11 Å². The Labute approximate surface area is 180 Å². The molecule has 1 aromatic heterocycles. The van der Waals surface area contributed by atoms with Crippen LogP contribution in [-0.4, -0.2) is 25.1 Å². The van der Waals surface area contributed by atoms with Crippen LogP contribution in [-0.2, 0) is 17.7 Å². The van der Waals surface area contributed by atoms with E-state index in [0.717, 1.165) is 22.1 Å². The second kappa shape index (κ2) is 8.89. The summed E-state index contributed by atoms with van der Waals surface area (Å²) in [4.78, 5) is 13.2. The highest BCUT2D eigenvalue weighted by molar-refractivity contribution is 7.77. The molecule has 4 rings (SSSR count). The number of fused-ring (bicyclic) bond motifs is 1. The molecule has 6 nitrogen and oxygen atoms in total. The van der Waals surface area contributed by atoms with Crippen LogP contribution in [0, 0.1) is 12.7 Å². The van der Waals surface area contributed by atoms with Crippen molar-refractivity contribution in [3.05, 3.63) is 94.0 Å². The van der Waals surface area contributed by atoms with Gasteiger partial charge in [0.15, 0.2) is 0 Å². The van der Waals surface area contributed by atoms with Crippen molar-refractivity contribution in [2.24, 2.45) is 0 Å². The fourth-order valence-corrected chi connectivity index (χ4v) is 3.85. The minimum Gasteiger partial charge on any atom is -0.760 e. The lowest BCUT2D eigenvalue weighted by Gasteiger charge is -2.14. The van der Waals surface area contributed by atoms with Gasteiger partial charge in [-0.05, 0) is 60.9 Å². The van der Waals surface area contributed by atoms with Crippen molar-refractivity contribution in [2.45, 2.75) is 13.3 Å². The highest BCUT2D eigenvalue weighted by atomic mass is 32.2. The van der Waals surface area contributed by atoms with E-state index in [1.807, 2.05) is 43.3 Å². The van der Waals surface area contributed by atoms with Crippen molar-refractivity contribution in [3.8, 4) is 16.9 Å². The van der Waals surface area contributed by atoms with Crippen LogP contribution in [0.5, 0.6) is 0 Å². The number of benzene rings is 3. The van der Waals surface area contributed by atoms with Gasteiger partial charge in [-0.1, -0.05) is 30.3 Å². The number of hydrogen-bond donors (Lipinski definition) is 1. The quantitative estimate of drug-likeness (QED) is 0.469. The molecule has 0 fully saturated rings. The van der Waals surface area contributed by atoms with Gasteiger partial charge in [0.05, 0.1) is 16.8 Å². The number of nitrogens with one attached hydrogen (secondary N) is 1. The van der Waals surface area contributed by atoms with Crippen molar-refractivity contribution in [2.75, 3.05) is 6.54 Å². The van der Waals surface area contributed by atoms with E-state index in [1.54, 1.807) is 6.07 Å². The average Bonchev–Trinajstić information content (AvgIpc) is 2.75. The topological polar surface area (TPSA) is 87.0 Å². The van der Waals surface area contributed by atoms with Gasteiger partial charge >= 0.3 is 0 Å². The summed E-state index contributed by atoms with van der Waals surface area (Å²) in [7, 11) is 0. The van der Waals surface area contributed by atoms with Gasteiger partial charge in [-0.3, -0.25) is 9.00 Å². The molecule has 1 atom stereocenters. The molecule has 158 valence electrons. The first-order chi connectivity index (χ1) is 14.9. The Hall–Kier alpha value is -3.20. The monoisotopic (exact) mass is 436 g/mol. The van der Waals surface area contributed by atoms with Crippen molar-refractivity contribution in [3.63, 3.8) is 0 Å². The molecule has 3 aromatic carbocycles. The highest BCUT2D eigenvalue weighted by Crippen LogP contribution is 2.28. The summed E-state index contributed by atoms with van der Waals surface area (Å²) in [5, 5.41) is 5.92. The Morgan fingerprint density at radius 3 is 2.58 bits per heavy atom. The maximum absolute atomic E-state index is 13.4. The summed E-state index contributed by atoms with van der Waals surface area (Å²) < 4.78 is 38.5. The van der Waals surface area contributed by atoms with Gasteiger partial charge in [0.25, 0.3) is 5.56 Å². The number of aromatic nitrogens is 2. The van der Waals surface area contributed by atoms with Gasteiger partial charge in [0, 0.05) is 28.8 Å². The molecule has 1 N–H and O–H groups in total. The van der Waals surface area contributed by atoms with Crippen LogP contribution in [0.2, 0.25) is 0 Å². The SMILES string of the molecule is Cc1cccc2c(=O)n(-c3ccc(F)cc3)nc(-c3cccc(CCNS(=O)[O-])c3)c12. The number of aryl methyl sites for hydroxylation is 1. The van der Waals surface area contributed by atoms with E-state index in [-0.39, 0.29) is 12.1 Å². The zero-order valence-electron chi connectivity index (χ0n) is 16.7. The molecule has 0 aliphatic carbocycles. The summed E-state index contributed by atoms with van der Waals surface area (Å²) >= 11 is -2.31. The van der Waals surface area contributed by atoms with E-state index >= 15 is 0 Å². The van der Waals surface area contributed by atoms with Crippen LogP contribution in [0.1, 0.15) is 11.1 Å². The molecule has 0 saturated heterocycles. The first-order valence-corrected chi connectivity index (χ1v) is 10.7. The maximum Gasteiger partial charge on any atom is 0.279 e. The fourth-order valence-electron chi connectivity index (χ4n) is 3.58. The van der Waals surface area contributed by atoms with E-state index in [0.29, 0.717) is 23.2 Å². The second-order valence-electron chi connectivity index (χ2n) is 7.12. The predicted octanol–water partition coefficient (Wildman–Crippen LogP) is 3.43. The molecule has 1 unspecified atom stereocenters. The van der Waals surface area contributed by atoms with E-state index in [1.165, 1.54) is 28.9 Å². The Morgan fingerprint density at radius 1 is 1.10 bits per heavy atom. The maximum atomic E-state index is 13.4. The highest BCUT2D eigenvalue weighted by Gasteiger charge is 2.15. The van der Waals surface area contributed by atoms with Crippen LogP contribution in [0.15, 0.2) is 71.5 Å². The third kappa shape index (κ3) is 4.46. The first-order valence-electron chi connectivity index (χ1n) is 9.65. The molecule has 0 spiro atoms. The van der Waals surface area contributed by atoms with Crippen LogP contribution in [0.4, 0.5) is 4.39 Å². The molecule has 0 amide bonds. The predicted molar refractivity (Wildman–Crippen MR) is 118 cm³/mol. The molecule has 0 aliphatic heterocycles. The fraction of sp³-hybridized carbons (Fsp3) is 0.130. The third-order valence-electron chi connectivity index (χ3n) is 5.04. The van der Waals surface area contributed by atoms with Gasteiger partial charge in [-0.15, -0.1) is 0 Å². The molecule has 4 aromatic rings. The number of rotatable bonds is 6. The van der Waals surface area contributed by atoms with Crippen LogP contribution >= 0.6 is 0 Å². The zero-order valence-corrected chi connectivity index (χ0v) is 17.5. The van der Waals surface area contributed by atoms with Gasteiger partial charge in [0.2, 0.25) is 0 Å². The van der Waals surface area contributed by atoms with Crippen molar-refractivity contribution in [1.29, 1.82) is 0 Å². The summed E-state index contributed by atoms with van der Waals surface area (Å²) in [6.45, 7) is 2.20. The van der Waals surface area contributed by atoms with E-state index < -0.39 is 17.1 Å². The minimum atomic E-state index is -2.31. The third-order valence-corrected chi connectivity index (χ3v) is 5.48. The lowest BCUT2D eigenvalue weighted by atomic mass is 9.99. The summed E-state index contributed by atoms with van der Waals surface area (Å²) in [5.74, 6) is -0.394. The smallest absolute Gasteiger partial charge is 0.279 e. The summed E-state index contributed by atoms with van der Waals surface area (Å²) in [5.41, 5.74) is 3.45. The molecule has 0 saturated carbocycles. The summed E-state index contributed by atoms with van der Waals surface area (Å²) in [6, 6.07) is 18.7.